The number of rotatable bonds is 6. The van der Waals surface area contributed by atoms with Crippen LogP contribution in [0.2, 0.25) is 0 Å². The van der Waals surface area contributed by atoms with Crippen LogP contribution in [-0.4, -0.2) is 49.5 Å². The molecule has 0 spiro atoms. The molecule has 1 amide bonds. The number of fused-ring (bicyclic) bond motifs is 1. The number of pyridine rings is 1. The molecule has 1 unspecified atom stereocenters. The molecule has 1 atom stereocenters. The van der Waals surface area contributed by atoms with Gasteiger partial charge in [-0.25, -0.2) is 14.8 Å². The number of amides is 1. The minimum atomic E-state index is -1.32. The lowest BCUT2D eigenvalue weighted by Crippen LogP contribution is -2.54. The van der Waals surface area contributed by atoms with E-state index < -0.39 is 12.1 Å². The standard InChI is InChI=1S/C21H20N6O5S/c1-11-5-15(26-7-12(8-26)19(29)22-6-13-3-2-4-32-13)25-18-16(11)17(28)14(20(30)31)9-27(18)21-23-10-24-33-21/h2-5,9-10,12,17,28H,6-8H2,1H3,(H,22,29)(H,30,31). The number of hydrogen-bond acceptors (Lipinski definition) is 10. The molecule has 5 heterocycles. The number of carboxylic acids is 1. The monoisotopic (exact) mass is 468 g/mol. The van der Waals surface area contributed by atoms with E-state index in [9.17, 15) is 19.8 Å². The van der Waals surface area contributed by atoms with Crippen molar-refractivity contribution in [2.75, 3.05) is 22.9 Å². The molecule has 11 nitrogen and oxygen atoms in total. The van der Waals surface area contributed by atoms with Crippen molar-refractivity contribution < 1.29 is 24.2 Å². The van der Waals surface area contributed by atoms with E-state index in [4.69, 9.17) is 9.40 Å². The van der Waals surface area contributed by atoms with Gasteiger partial charge in [-0.1, -0.05) is 0 Å². The summed E-state index contributed by atoms with van der Waals surface area (Å²) in [7, 11) is 0. The quantitative estimate of drug-likeness (QED) is 0.489. The molecule has 1 fully saturated rings. The van der Waals surface area contributed by atoms with Gasteiger partial charge in [0, 0.05) is 36.4 Å². The molecule has 33 heavy (non-hydrogen) atoms. The van der Waals surface area contributed by atoms with Gasteiger partial charge in [-0.3, -0.25) is 9.69 Å². The van der Waals surface area contributed by atoms with Gasteiger partial charge in [0.15, 0.2) is 0 Å². The maximum Gasteiger partial charge on any atom is 0.336 e. The summed E-state index contributed by atoms with van der Waals surface area (Å²) in [4.78, 5) is 36.5. The van der Waals surface area contributed by atoms with Crippen molar-refractivity contribution >= 4 is 40.2 Å². The molecule has 2 aliphatic heterocycles. The van der Waals surface area contributed by atoms with Crippen molar-refractivity contribution in [3.8, 4) is 0 Å². The van der Waals surface area contributed by atoms with Gasteiger partial charge in [-0.2, -0.15) is 4.37 Å². The molecule has 1 saturated heterocycles. The number of aliphatic hydroxyl groups is 1. The maximum absolute atomic E-state index is 12.4. The first-order valence-electron chi connectivity index (χ1n) is 10.2. The third-order valence-corrected chi connectivity index (χ3v) is 6.36. The van der Waals surface area contributed by atoms with Crippen LogP contribution < -0.4 is 15.1 Å². The lowest BCUT2D eigenvalue weighted by molar-refractivity contribution is -0.134. The van der Waals surface area contributed by atoms with E-state index in [2.05, 4.69) is 14.7 Å². The van der Waals surface area contributed by atoms with Crippen LogP contribution in [0.25, 0.3) is 0 Å². The fraction of sp³-hybridized carbons (Fsp3) is 0.286. The predicted octanol–water partition coefficient (Wildman–Crippen LogP) is 1.74. The molecule has 3 aromatic rings. The lowest BCUT2D eigenvalue weighted by Gasteiger charge is -2.40. The first-order chi connectivity index (χ1) is 15.9. The van der Waals surface area contributed by atoms with Crippen molar-refractivity contribution in [1.82, 2.24) is 19.7 Å². The summed E-state index contributed by atoms with van der Waals surface area (Å²) in [6.07, 6.45) is 2.94. The molecule has 0 bridgehead atoms. The van der Waals surface area contributed by atoms with E-state index in [0.717, 1.165) is 11.5 Å². The Hall–Kier alpha value is -3.77. The van der Waals surface area contributed by atoms with Crippen molar-refractivity contribution in [3.05, 3.63) is 59.4 Å². The Morgan fingerprint density at radius 3 is 2.85 bits per heavy atom. The van der Waals surface area contributed by atoms with Crippen molar-refractivity contribution in [1.29, 1.82) is 0 Å². The number of carboxylic acid groups (broad SMARTS) is 1. The highest BCUT2D eigenvalue weighted by Gasteiger charge is 2.37. The second kappa shape index (κ2) is 8.30. The highest BCUT2D eigenvalue weighted by Crippen LogP contribution is 2.42. The zero-order chi connectivity index (χ0) is 23.1. The number of aromatic nitrogens is 3. The average Bonchev–Trinajstić information content (AvgIpc) is 3.45. The normalized spacial score (nSPS) is 17.9. The van der Waals surface area contributed by atoms with Gasteiger partial charge in [0.2, 0.25) is 11.0 Å². The molecule has 5 rings (SSSR count). The van der Waals surface area contributed by atoms with E-state index in [1.165, 1.54) is 17.4 Å². The minimum Gasteiger partial charge on any atom is -0.478 e. The van der Waals surface area contributed by atoms with Crippen molar-refractivity contribution in [3.63, 3.8) is 0 Å². The van der Waals surface area contributed by atoms with E-state index in [1.54, 1.807) is 31.4 Å². The van der Waals surface area contributed by atoms with Gasteiger partial charge in [0.1, 0.15) is 29.8 Å². The number of hydrogen-bond donors (Lipinski definition) is 3. The number of nitrogens with one attached hydrogen (secondary N) is 1. The number of aliphatic hydroxyl groups excluding tert-OH is 1. The molecule has 170 valence electrons. The van der Waals surface area contributed by atoms with Crippen LogP contribution in [0.3, 0.4) is 0 Å². The van der Waals surface area contributed by atoms with Crippen LogP contribution in [0.5, 0.6) is 0 Å². The Balaban J connectivity index is 1.37. The Morgan fingerprint density at radius 2 is 2.18 bits per heavy atom. The first-order valence-corrected chi connectivity index (χ1v) is 10.9. The third kappa shape index (κ3) is 3.83. The number of carbonyl (C=O) groups is 2. The molecule has 12 heteroatoms. The summed E-state index contributed by atoms with van der Waals surface area (Å²) >= 11 is 1.09. The molecule has 0 saturated carbocycles. The molecular weight excluding hydrogens is 448 g/mol. The number of furan rings is 1. The number of aryl methyl sites for hydroxylation is 1. The summed E-state index contributed by atoms with van der Waals surface area (Å²) in [5, 5.41) is 23.6. The summed E-state index contributed by atoms with van der Waals surface area (Å²) in [6.45, 7) is 3.12. The zero-order valence-electron chi connectivity index (χ0n) is 17.5. The summed E-state index contributed by atoms with van der Waals surface area (Å²) < 4.78 is 9.23. The fourth-order valence-corrected chi connectivity index (χ4v) is 4.42. The van der Waals surface area contributed by atoms with Gasteiger partial charge in [-0.15, -0.1) is 0 Å². The molecule has 0 radical (unpaired) electrons. The summed E-state index contributed by atoms with van der Waals surface area (Å²) in [5.41, 5.74) is 0.921. The second-order valence-electron chi connectivity index (χ2n) is 7.82. The number of nitrogens with zero attached hydrogens (tertiary/aromatic N) is 5. The number of aliphatic carboxylic acids is 1. The molecule has 2 aliphatic rings. The molecule has 3 aromatic heterocycles. The Morgan fingerprint density at radius 1 is 1.36 bits per heavy atom. The molecule has 0 aromatic carbocycles. The van der Waals surface area contributed by atoms with Crippen LogP contribution in [0.4, 0.5) is 16.8 Å². The number of anilines is 3. The van der Waals surface area contributed by atoms with E-state index >= 15 is 0 Å². The zero-order valence-corrected chi connectivity index (χ0v) is 18.3. The van der Waals surface area contributed by atoms with Gasteiger partial charge in [0.25, 0.3) is 0 Å². The average molecular weight is 468 g/mol. The largest absolute Gasteiger partial charge is 0.478 e. The van der Waals surface area contributed by atoms with Crippen LogP contribution >= 0.6 is 11.5 Å². The Labute approximate surface area is 192 Å². The summed E-state index contributed by atoms with van der Waals surface area (Å²) in [6, 6.07) is 5.37. The van der Waals surface area contributed by atoms with Gasteiger partial charge < -0.3 is 24.8 Å². The van der Waals surface area contributed by atoms with E-state index in [0.29, 0.717) is 53.3 Å². The predicted molar refractivity (Wildman–Crippen MR) is 118 cm³/mol. The second-order valence-corrected chi connectivity index (χ2v) is 8.58. The fourth-order valence-electron chi connectivity index (χ4n) is 3.91. The van der Waals surface area contributed by atoms with E-state index in [1.807, 2.05) is 4.90 Å². The Bertz CT molecular complexity index is 1220. The highest BCUT2D eigenvalue weighted by atomic mass is 32.1. The van der Waals surface area contributed by atoms with Crippen LogP contribution in [0.15, 0.2) is 47.0 Å². The van der Waals surface area contributed by atoms with Gasteiger partial charge in [0.05, 0.1) is 24.3 Å². The van der Waals surface area contributed by atoms with Crippen molar-refractivity contribution in [2.24, 2.45) is 5.92 Å². The maximum atomic E-state index is 12.4. The molecule has 3 N–H and O–H groups in total. The molecular formula is C21H20N6O5S. The first kappa shape index (κ1) is 21.1. The summed E-state index contributed by atoms with van der Waals surface area (Å²) in [5.74, 6) is 0.256. The van der Waals surface area contributed by atoms with Gasteiger partial charge in [-0.05, 0) is 30.7 Å². The molecule has 0 aliphatic carbocycles. The Kier molecular flexibility index (Phi) is 5.30. The lowest BCUT2D eigenvalue weighted by atomic mass is 9.94. The smallest absolute Gasteiger partial charge is 0.336 e. The van der Waals surface area contributed by atoms with Gasteiger partial charge >= 0.3 is 5.97 Å². The van der Waals surface area contributed by atoms with E-state index in [-0.39, 0.29) is 17.4 Å². The van der Waals surface area contributed by atoms with Crippen LogP contribution in [0, 0.1) is 12.8 Å². The SMILES string of the molecule is Cc1cc(N2CC(C(=O)NCc3ccco3)C2)nc2c1C(O)C(C(=O)O)=CN2c1ncns1. The topological polar surface area (TPSA) is 145 Å². The van der Waals surface area contributed by atoms with Crippen LogP contribution in [0.1, 0.15) is 23.0 Å². The third-order valence-electron chi connectivity index (χ3n) is 5.69. The minimum absolute atomic E-state index is 0.0581. The van der Waals surface area contributed by atoms with Crippen LogP contribution in [-0.2, 0) is 16.1 Å². The number of carbonyl (C=O) groups excluding carboxylic acids is 1. The highest BCUT2D eigenvalue weighted by molar-refractivity contribution is 7.09. The van der Waals surface area contributed by atoms with Crippen molar-refractivity contribution in [2.45, 2.75) is 19.6 Å².